The Kier molecular flexibility index (Phi) is 2.04. The average molecular weight is 241 g/mol. The highest BCUT2D eigenvalue weighted by molar-refractivity contribution is 5.80. The Morgan fingerprint density at radius 2 is 2.28 bits per heavy atom. The molecule has 0 N–H and O–H groups in total. The van der Waals surface area contributed by atoms with Gasteiger partial charge in [-0.05, 0) is 6.07 Å². The maximum Gasteiger partial charge on any atom is 0.294 e. The minimum atomic E-state index is -0.321. The first kappa shape index (κ1) is 10.3. The molecule has 0 aliphatic carbocycles. The zero-order chi connectivity index (χ0) is 12.7. The lowest BCUT2D eigenvalue weighted by atomic mass is 10.3. The van der Waals surface area contributed by atoms with Gasteiger partial charge in [-0.2, -0.15) is 15.1 Å². The first-order valence-electron chi connectivity index (χ1n) is 5.09. The van der Waals surface area contributed by atoms with E-state index in [-0.39, 0.29) is 5.56 Å². The minimum Gasteiger partial charge on any atom is -0.414 e. The van der Waals surface area contributed by atoms with E-state index in [1.54, 1.807) is 6.07 Å². The molecular formula is C11H7N5O2. The number of hydrogen-bond acceptors (Lipinski definition) is 5. The molecule has 0 amide bonds. The van der Waals surface area contributed by atoms with Gasteiger partial charge in [0, 0.05) is 6.20 Å². The van der Waals surface area contributed by atoms with E-state index < -0.39 is 0 Å². The Labute approximate surface area is 100 Å². The number of rotatable bonds is 1. The summed E-state index contributed by atoms with van der Waals surface area (Å²) in [6.45, 7) is 0. The Morgan fingerprint density at radius 3 is 3.00 bits per heavy atom. The highest BCUT2D eigenvalue weighted by Gasteiger charge is 2.11. The third-order valence-corrected chi connectivity index (χ3v) is 2.68. The summed E-state index contributed by atoms with van der Waals surface area (Å²) in [5.41, 5.74) is 1.06. The number of nitrogens with zero attached hydrogens (tertiary/aromatic N) is 5. The summed E-state index contributed by atoms with van der Waals surface area (Å²) in [5, 5.41) is 13.3. The minimum absolute atomic E-state index is 0.321. The van der Waals surface area contributed by atoms with Crippen molar-refractivity contribution in [2.45, 2.75) is 0 Å². The SMILES string of the molecule is COn1ccc2c(cnc3c(C#N)cnn32)c1=O. The van der Waals surface area contributed by atoms with Gasteiger partial charge in [-0.25, -0.2) is 9.50 Å². The van der Waals surface area contributed by atoms with Crippen molar-refractivity contribution in [3.63, 3.8) is 0 Å². The molecule has 3 heterocycles. The fourth-order valence-corrected chi connectivity index (χ4v) is 1.82. The fraction of sp³-hybridized carbons (Fsp3) is 0.0909. The van der Waals surface area contributed by atoms with Crippen molar-refractivity contribution in [3.8, 4) is 6.07 Å². The Morgan fingerprint density at radius 1 is 1.44 bits per heavy atom. The lowest BCUT2D eigenvalue weighted by Crippen LogP contribution is -2.24. The van der Waals surface area contributed by atoms with Gasteiger partial charge < -0.3 is 4.84 Å². The summed E-state index contributed by atoms with van der Waals surface area (Å²) in [6, 6.07) is 3.68. The largest absolute Gasteiger partial charge is 0.414 e. The van der Waals surface area contributed by atoms with Crippen molar-refractivity contribution < 1.29 is 4.84 Å². The lowest BCUT2D eigenvalue weighted by Gasteiger charge is -2.05. The van der Waals surface area contributed by atoms with Crippen LogP contribution in [0.5, 0.6) is 0 Å². The van der Waals surface area contributed by atoms with Gasteiger partial charge in [-0.15, -0.1) is 0 Å². The van der Waals surface area contributed by atoms with Crippen LogP contribution in [0.25, 0.3) is 16.6 Å². The van der Waals surface area contributed by atoms with Crippen LogP contribution in [0.15, 0.2) is 29.5 Å². The summed E-state index contributed by atoms with van der Waals surface area (Å²) < 4.78 is 2.57. The van der Waals surface area contributed by atoms with E-state index in [1.165, 1.54) is 30.2 Å². The maximum absolute atomic E-state index is 12.0. The number of aromatic nitrogens is 4. The molecule has 3 aromatic heterocycles. The molecule has 0 atom stereocenters. The van der Waals surface area contributed by atoms with Gasteiger partial charge in [0.25, 0.3) is 5.56 Å². The zero-order valence-corrected chi connectivity index (χ0v) is 9.36. The molecule has 0 saturated carbocycles. The number of hydrogen-bond donors (Lipinski definition) is 0. The second-order valence-electron chi connectivity index (χ2n) is 3.59. The van der Waals surface area contributed by atoms with Crippen LogP contribution < -0.4 is 10.4 Å². The Bertz CT molecular complexity index is 855. The highest BCUT2D eigenvalue weighted by atomic mass is 16.6. The molecule has 18 heavy (non-hydrogen) atoms. The van der Waals surface area contributed by atoms with Crippen LogP contribution in [0.3, 0.4) is 0 Å². The van der Waals surface area contributed by atoms with Crippen molar-refractivity contribution >= 4 is 16.6 Å². The topological polar surface area (TPSA) is 85.2 Å². The smallest absolute Gasteiger partial charge is 0.294 e. The van der Waals surface area contributed by atoms with Crippen LogP contribution in [-0.4, -0.2) is 26.4 Å². The average Bonchev–Trinajstić information content (AvgIpc) is 2.82. The van der Waals surface area contributed by atoms with Crippen molar-refractivity contribution in [1.82, 2.24) is 19.3 Å². The summed E-state index contributed by atoms with van der Waals surface area (Å²) in [6.07, 6.45) is 4.34. The van der Waals surface area contributed by atoms with E-state index in [1.807, 2.05) is 6.07 Å². The summed E-state index contributed by atoms with van der Waals surface area (Å²) >= 11 is 0. The van der Waals surface area contributed by atoms with Gasteiger partial charge in [-0.3, -0.25) is 4.79 Å². The first-order chi connectivity index (χ1) is 8.76. The molecule has 0 aromatic carbocycles. The van der Waals surface area contributed by atoms with Crippen molar-refractivity contribution in [3.05, 3.63) is 40.6 Å². The maximum atomic E-state index is 12.0. The quantitative estimate of drug-likeness (QED) is 0.597. The molecule has 3 rings (SSSR count). The van der Waals surface area contributed by atoms with Crippen molar-refractivity contribution in [1.29, 1.82) is 5.26 Å². The van der Waals surface area contributed by atoms with Crippen molar-refractivity contribution in [2.75, 3.05) is 7.11 Å². The number of pyridine rings is 1. The molecule has 0 saturated heterocycles. The second-order valence-corrected chi connectivity index (χ2v) is 3.59. The van der Waals surface area contributed by atoms with Gasteiger partial charge >= 0.3 is 0 Å². The molecular weight excluding hydrogens is 234 g/mol. The van der Waals surface area contributed by atoms with Gasteiger partial charge in [0.2, 0.25) is 0 Å². The van der Waals surface area contributed by atoms with E-state index in [9.17, 15) is 4.79 Å². The van der Waals surface area contributed by atoms with Gasteiger partial charge in [0.1, 0.15) is 18.7 Å². The molecule has 0 spiro atoms. The van der Waals surface area contributed by atoms with E-state index in [0.29, 0.717) is 22.1 Å². The second kappa shape index (κ2) is 3.56. The molecule has 7 heteroatoms. The summed E-state index contributed by atoms with van der Waals surface area (Å²) in [5.74, 6) is 0. The predicted molar refractivity (Wildman–Crippen MR) is 62.0 cm³/mol. The van der Waals surface area contributed by atoms with Crippen LogP contribution in [0.1, 0.15) is 5.56 Å². The van der Waals surface area contributed by atoms with Crippen LogP contribution in [0.2, 0.25) is 0 Å². The summed E-state index contributed by atoms with van der Waals surface area (Å²) in [7, 11) is 1.40. The van der Waals surface area contributed by atoms with Crippen molar-refractivity contribution in [2.24, 2.45) is 0 Å². The highest BCUT2D eigenvalue weighted by Crippen LogP contribution is 2.13. The Balaban J connectivity index is 2.51. The van der Waals surface area contributed by atoms with Gasteiger partial charge in [0.15, 0.2) is 5.65 Å². The molecule has 0 fully saturated rings. The standard InChI is InChI=1S/C11H7N5O2/c1-18-15-3-2-9-8(11(15)17)6-13-10-7(4-12)5-14-16(9)10/h2-3,5-6H,1H3. The molecule has 0 aliphatic heterocycles. The monoisotopic (exact) mass is 241 g/mol. The number of fused-ring (bicyclic) bond motifs is 3. The van der Waals surface area contributed by atoms with E-state index in [2.05, 4.69) is 10.1 Å². The molecule has 88 valence electrons. The van der Waals surface area contributed by atoms with E-state index >= 15 is 0 Å². The first-order valence-corrected chi connectivity index (χ1v) is 5.09. The predicted octanol–water partition coefficient (Wildman–Crippen LogP) is -0.0257. The van der Waals surface area contributed by atoms with E-state index in [4.69, 9.17) is 10.1 Å². The molecule has 0 bridgehead atoms. The molecule has 0 unspecified atom stereocenters. The van der Waals surface area contributed by atoms with Crippen LogP contribution in [0, 0.1) is 11.3 Å². The molecule has 0 radical (unpaired) electrons. The normalized spacial score (nSPS) is 10.7. The van der Waals surface area contributed by atoms with Crippen LogP contribution in [-0.2, 0) is 0 Å². The van der Waals surface area contributed by atoms with Crippen LogP contribution >= 0.6 is 0 Å². The fourth-order valence-electron chi connectivity index (χ4n) is 1.82. The third-order valence-electron chi connectivity index (χ3n) is 2.68. The number of nitriles is 1. The molecule has 7 nitrogen and oxygen atoms in total. The molecule has 0 aliphatic rings. The Hall–Kier alpha value is -2.88. The lowest BCUT2D eigenvalue weighted by molar-refractivity contribution is 0.158. The van der Waals surface area contributed by atoms with Gasteiger partial charge in [-0.1, -0.05) is 0 Å². The zero-order valence-electron chi connectivity index (χ0n) is 9.36. The molecule has 3 aromatic rings. The van der Waals surface area contributed by atoms with Crippen LogP contribution in [0.4, 0.5) is 0 Å². The van der Waals surface area contributed by atoms with Gasteiger partial charge in [0.05, 0.1) is 23.3 Å². The van der Waals surface area contributed by atoms with E-state index in [0.717, 1.165) is 4.73 Å². The summed E-state index contributed by atoms with van der Waals surface area (Å²) in [4.78, 5) is 20.9. The third kappa shape index (κ3) is 1.20.